The zero-order valence-corrected chi connectivity index (χ0v) is 13.4. The minimum Gasteiger partial charge on any atom is -0.491 e. The highest BCUT2D eigenvalue weighted by atomic mass is 32.2. The molecule has 5 heteroatoms. The Kier molecular flexibility index (Phi) is 6.15. The second-order valence-corrected chi connectivity index (χ2v) is 5.65. The molecule has 1 amide bonds. The van der Waals surface area contributed by atoms with Gasteiger partial charge in [-0.1, -0.05) is 18.2 Å². The summed E-state index contributed by atoms with van der Waals surface area (Å²) in [5.41, 5.74) is 7.22. The van der Waals surface area contributed by atoms with Gasteiger partial charge in [-0.3, -0.25) is 4.79 Å². The summed E-state index contributed by atoms with van der Waals surface area (Å²) in [7, 11) is 0. The summed E-state index contributed by atoms with van der Waals surface area (Å²) in [5, 5.41) is 2.89. The predicted octanol–water partition coefficient (Wildman–Crippen LogP) is 3.79. The normalized spacial score (nSPS) is 10.2. The lowest BCUT2D eigenvalue weighted by Crippen LogP contribution is -2.13. The number of amides is 1. The van der Waals surface area contributed by atoms with Crippen LogP contribution in [0.5, 0.6) is 5.75 Å². The number of carbonyl (C=O) groups is 1. The summed E-state index contributed by atoms with van der Waals surface area (Å²) in [4.78, 5) is 13.0. The van der Waals surface area contributed by atoms with Gasteiger partial charge in [0.1, 0.15) is 5.75 Å². The molecule has 0 aromatic heterocycles. The van der Waals surface area contributed by atoms with Gasteiger partial charge in [0.2, 0.25) is 5.91 Å². The summed E-state index contributed by atoms with van der Waals surface area (Å²) < 4.78 is 5.57. The average molecular weight is 316 g/mol. The molecule has 22 heavy (non-hydrogen) atoms. The van der Waals surface area contributed by atoms with Gasteiger partial charge in [-0.05, 0) is 43.0 Å². The maximum absolute atomic E-state index is 11.9. The summed E-state index contributed by atoms with van der Waals surface area (Å²) in [5.74, 6) is 0.651. The molecule has 0 saturated heterocycles. The Morgan fingerprint density at radius 1 is 1.23 bits per heavy atom. The van der Waals surface area contributed by atoms with E-state index in [1.54, 1.807) is 17.8 Å². The zero-order valence-electron chi connectivity index (χ0n) is 12.5. The van der Waals surface area contributed by atoms with Crippen LogP contribution in [0.4, 0.5) is 11.4 Å². The SMILES string of the molecule is CSc1cccc(NC(=O)CCCOc2ccccc2N)c1. The number of thioether (sulfide) groups is 1. The molecule has 2 aromatic rings. The molecule has 0 heterocycles. The van der Waals surface area contributed by atoms with E-state index in [0.717, 1.165) is 10.6 Å². The Hall–Kier alpha value is -2.14. The minimum absolute atomic E-state index is 0.0112. The van der Waals surface area contributed by atoms with Crippen molar-refractivity contribution in [3.8, 4) is 5.75 Å². The van der Waals surface area contributed by atoms with E-state index in [0.29, 0.717) is 30.9 Å². The van der Waals surface area contributed by atoms with Gasteiger partial charge in [-0.15, -0.1) is 11.8 Å². The van der Waals surface area contributed by atoms with Crippen molar-refractivity contribution in [2.75, 3.05) is 23.9 Å². The second-order valence-electron chi connectivity index (χ2n) is 4.77. The van der Waals surface area contributed by atoms with Crippen molar-refractivity contribution in [1.82, 2.24) is 0 Å². The first-order chi connectivity index (χ1) is 10.7. The second kappa shape index (κ2) is 8.34. The van der Waals surface area contributed by atoms with Crippen LogP contribution in [0.25, 0.3) is 0 Å². The fourth-order valence-electron chi connectivity index (χ4n) is 1.95. The first kappa shape index (κ1) is 16.2. The van der Waals surface area contributed by atoms with Crippen LogP contribution in [0.15, 0.2) is 53.4 Å². The molecule has 0 radical (unpaired) electrons. The highest BCUT2D eigenvalue weighted by molar-refractivity contribution is 7.98. The number of ether oxygens (including phenoxy) is 1. The van der Waals surface area contributed by atoms with Crippen LogP contribution < -0.4 is 15.8 Å². The van der Waals surface area contributed by atoms with E-state index in [4.69, 9.17) is 10.5 Å². The van der Waals surface area contributed by atoms with E-state index in [2.05, 4.69) is 5.32 Å². The van der Waals surface area contributed by atoms with Crippen molar-refractivity contribution in [1.29, 1.82) is 0 Å². The number of anilines is 2. The van der Waals surface area contributed by atoms with Gasteiger partial charge in [0.05, 0.1) is 12.3 Å². The first-order valence-electron chi connectivity index (χ1n) is 7.10. The van der Waals surface area contributed by atoms with Crippen LogP contribution in [-0.2, 0) is 4.79 Å². The maximum Gasteiger partial charge on any atom is 0.224 e. The molecule has 2 aromatic carbocycles. The third kappa shape index (κ3) is 5.00. The lowest BCUT2D eigenvalue weighted by atomic mass is 10.2. The number of nitrogens with one attached hydrogen (secondary N) is 1. The Bertz CT molecular complexity index is 632. The molecule has 4 nitrogen and oxygen atoms in total. The Morgan fingerprint density at radius 2 is 2.05 bits per heavy atom. The molecule has 2 rings (SSSR count). The zero-order chi connectivity index (χ0) is 15.8. The fourth-order valence-corrected chi connectivity index (χ4v) is 2.41. The predicted molar refractivity (Wildman–Crippen MR) is 92.4 cm³/mol. The van der Waals surface area contributed by atoms with Crippen LogP contribution in [0.2, 0.25) is 0 Å². The van der Waals surface area contributed by atoms with Gasteiger partial charge in [-0.2, -0.15) is 0 Å². The fraction of sp³-hybridized carbons (Fsp3) is 0.235. The van der Waals surface area contributed by atoms with Crippen LogP contribution in [0.3, 0.4) is 0 Å². The Labute approximate surface area is 135 Å². The molecule has 116 valence electrons. The van der Waals surface area contributed by atoms with E-state index in [-0.39, 0.29) is 5.91 Å². The maximum atomic E-state index is 11.9. The number of rotatable bonds is 7. The van der Waals surface area contributed by atoms with Crippen LogP contribution >= 0.6 is 11.8 Å². The van der Waals surface area contributed by atoms with Crippen LogP contribution in [0, 0.1) is 0 Å². The summed E-state index contributed by atoms with van der Waals surface area (Å²) >= 11 is 1.65. The van der Waals surface area contributed by atoms with Crippen LogP contribution in [0.1, 0.15) is 12.8 Å². The number of nitrogens with two attached hydrogens (primary N) is 1. The first-order valence-corrected chi connectivity index (χ1v) is 8.32. The van der Waals surface area contributed by atoms with E-state index in [1.165, 1.54) is 0 Å². The Morgan fingerprint density at radius 3 is 2.82 bits per heavy atom. The summed E-state index contributed by atoms with van der Waals surface area (Å²) in [6.07, 6.45) is 3.06. The van der Waals surface area contributed by atoms with Crippen molar-refractivity contribution in [2.24, 2.45) is 0 Å². The molecule has 0 saturated carbocycles. The summed E-state index contributed by atoms with van der Waals surface area (Å²) in [6, 6.07) is 15.1. The van der Waals surface area contributed by atoms with E-state index < -0.39 is 0 Å². The van der Waals surface area contributed by atoms with Gasteiger partial charge in [0, 0.05) is 17.0 Å². The molecule has 0 bridgehead atoms. The number of hydrogen-bond donors (Lipinski definition) is 2. The number of para-hydroxylation sites is 2. The largest absolute Gasteiger partial charge is 0.491 e. The molecule has 0 fully saturated rings. The van der Waals surface area contributed by atoms with E-state index in [9.17, 15) is 4.79 Å². The number of nitrogen functional groups attached to an aromatic ring is 1. The van der Waals surface area contributed by atoms with Gasteiger partial charge in [0.15, 0.2) is 0 Å². The van der Waals surface area contributed by atoms with E-state index in [1.807, 2.05) is 48.7 Å². The van der Waals surface area contributed by atoms with E-state index >= 15 is 0 Å². The summed E-state index contributed by atoms with van der Waals surface area (Å²) in [6.45, 7) is 0.465. The van der Waals surface area contributed by atoms with Gasteiger partial charge in [0.25, 0.3) is 0 Å². The van der Waals surface area contributed by atoms with Crippen LogP contribution in [-0.4, -0.2) is 18.8 Å². The lowest BCUT2D eigenvalue weighted by Gasteiger charge is -2.09. The standard InChI is InChI=1S/C17H20N2O2S/c1-22-14-7-4-6-13(12-14)19-17(20)10-5-11-21-16-9-3-2-8-15(16)18/h2-4,6-9,12H,5,10-11,18H2,1H3,(H,19,20). The highest BCUT2D eigenvalue weighted by Gasteiger charge is 2.04. The van der Waals surface area contributed by atoms with Gasteiger partial charge >= 0.3 is 0 Å². The molecule has 0 aliphatic heterocycles. The van der Waals surface area contributed by atoms with Crippen molar-refractivity contribution < 1.29 is 9.53 Å². The smallest absolute Gasteiger partial charge is 0.224 e. The van der Waals surface area contributed by atoms with Crippen molar-refractivity contribution >= 4 is 29.0 Å². The number of carbonyl (C=O) groups excluding carboxylic acids is 1. The molecular weight excluding hydrogens is 296 g/mol. The highest BCUT2D eigenvalue weighted by Crippen LogP contribution is 2.20. The van der Waals surface area contributed by atoms with Gasteiger partial charge in [-0.25, -0.2) is 0 Å². The Balaban J connectivity index is 1.73. The number of benzene rings is 2. The van der Waals surface area contributed by atoms with Crippen molar-refractivity contribution in [3.63, 3.8) is 0 Å². The molecular formula is C17H20N2O2S. The lowest BCUT2D eigenvalue weighted by molar-refractivity contribution is -0.116. The van der Waals surface area contributed by atoms with Crippen molar-refractivity contribution in [3.05, 3.63) is 48.5 Å². The van der Waals surface area contributed by atoms with Crippen molar-refractivity contribution in [2.45, 2.75) is 17.7 Å². The monoisotopic (exact) mass is 316 g/mol. The molecule has 0 aliphatic rings. The minimum atomic E-state index is -0.0112. The third-order valence-corrected chi connectivity index (χ3v) is 3.80. The third-order valence-electron chi connectivity index (χ3n) is 3.08. The molecule has 0 unspecified atom stereocenters. The van der Waals surface area contributed by atoms with Gasteiger partial charge < -0.3 is 15.8 Å². The molecule has 3 N–H and O–H groups in total. The number of hydrogen-bond acceptors (Lipinski definition) is 4. The molecule has 0 atom stereocenters. The molecule has 0 spiro atoms. The quantitative estimate of drug-likeness (QED) is 0.463. The average Bonchev–Trinajstić information content (AvgIpc) is 2.53. The molecule has 0 aliphatic carbocycles. The topological polar surface area (TPSA) is 64.3 Å².